The number of benzene rings is 1. The molecule has 0 aliphatic heterocycles. The summed E-state index contributed by atoms with van der Waals surface area (Å²) in [7, 11) is 0. The van der Waals surface area contributed by atoms with Crippen molar-refractivity contribution in [3.05, 3.63) is 53.3 Å². The molecule has 6 nitrogen and oxygen atoms in total. The van der Waals surface area contributed by atoms with E-state index in [0.717, 1.165) is 11.1 Å². The molecule has 0 bridgehead atoms. The summed E-state index contributed by atoms with van der Waals surface area (Å²) in [4.78, 5) is 15.4. The average molecular weight is 283 g/mol. The summed E-state index contributed by atoms with van der Waals surface area (Å²) in [5, 5.41) is 13.3. The number of nitrogens with zero attached hydrogens (tertiary/aromatic N) is 3. The molecule has 6 heteroatoms. The van der Waals surface area contributed by atoms with Crippen LogP contribution in [0.1, 0.15) is 21.5 Å². The van der Waals surface area contributed by atoms with Crippen molar-refractivity contribution in [3.8, 4) is 11.6 Å². The number of hydrogen-bond donors (Lipinski definition) is 1. The zero-order valence-electron chi connectivity index (χ0n) is 11.6. The Morgan fingerprint density at radius 1 is 1.19 bits per heavy atom. The van der Waals surface area contributed by atoms with Gasteiger partial charge < -0.3 is 9.84 Å². The number of carboxylic acid groups (broad SMARTS) is 1. The third-order valence-electron chi connectivity index (χ3n) is 3.07. The van der Waals surface area contributed by atoms with Crippen molar-refractivity contribution in [2.75, 3.05) is 0 Å². The Morgan fingerprint density at radius 3 is 2.76 bits per heavy atom. The van der Waals surface area contributed by atoms with E-state index in [-0.39, 0.29) is 11.3 Å². The molecule has 0 aliphatic carbocycles. The van der Waals surface area contributed by atoms with Crippen LogP contribution in [0.4, 0.5) is 0 Å². The van der Waals surface area contributed by atoms with E-state index < -0.39 is 5.97 Å². The first-order valence-electron chi connectivity index (χ1n) is 6.37. The fourth-order valence-electron chi connectivity index (χ4n) is 2.10. The summed E-state index contributed by atoms with van der Waals surface area (Å²) < 4.78 is 7.31. The van der Waals surface area contributed by atoms with E-state index in [0.29, 0.717) is 11.5 Å². The minimum Gasteiger partial charge on any atom is -0.478 e. The summed E-state index contributed by atoms with van der Waals surface area (Å²) in [6.45, 7) is 3.79. The average Bonchev–Trinajstić information content (AvgIpc) is 2.86. The van der Waals surface area contributed by atoms with Crippen molar-refractivity contribution in [3.63, 3.8) is 0 Å². The number of aromatic carboxylic acids is 1. The van der Waals surface area contributed by atoms with E-state index in [9.17, 15) is 9.90 Å². The van der Waals surface area contributed by atoms with Crippen LogP contribution in [0.15, 0.2) is 36.7 Å². The van der Waals surface area contributed by atoms with Crippen LogP contribution in [-0.2, 0) is 0 Å². The Balaban J connectivity index is 2.12. The first-order valence-corrected chi connectivity index (χ1v) is 6.37. The number of hydrogen-bond acceptors (Lipinski definition) is 4. The molecule has 106 valence electrons. The third-order valence-corrected chi connectivity index (χ3v) is 3.07. The van der Waals surface area contributed by atoms with Gasteiger partial charge in [-0.2, -0.15) is 9.61 Å². The zero-order valence-corrected chi connectivity index (χ0v) is 11.6. The minimum atomic E-state index is -1.03. The maximum atomic E-state index is 11.3. The monoisotopic (exact) mass is 283 g/mol. The smallest absolute Gasteiger partial charge is 0.339 e. The Hall–Kier alpha value is -2.89. The van der Waals surface area contributed by atoms with Gasteiger partial charge in [0.25, 0.3) is 0 Å². The van der Waals surface area contributed by atoms with Crippen LogP contribution in [-0.4, -0.2) is 25.7 Å². The second-order valence-corrected chi connectivity index (χ2v) is 4.81. The normalized spacial score (nSPS) is 10.8. The van der Waals surface area contributed by atoms with Gasteiger partial charge in [0.2, 0.25) is 5.88 Å². The van der Waals surface area contributed by atoms with Crippen molar-refractivity contribution in [2.24, 2.45) is 0 Å². The maximum Gasteiger partial charge on any atom is 0.339 e. The number of carboxylic acids is 1. The highest BCUT2D eigenvalue weighted by molar-refractivity contribution is 5.91. The van der Waals surface area contributed by atoms with Gasteiger partial charge in [0.05, 0.1) is 0 Å². The highest BCUT2D eigenvalue weighted by Crippen LogP contribution is 2.27. The zero-order chi connectivity index (χ0) is 15.0. The summed E-state index contributed by atoms with van der Waals surface area (Å²) in [6.07, 6.45) is 1.43. The van der Waals surface area contributed by atoms with Crippen LogP contribution in [0, 0.1) is 13.8 Å². The van der Waals surface area contributed by atoms with Crippen LogP contribution in [0.25, 0.3) is 5.65 Å². The SMILES string of the molecule is Cc1ccc(C(=O)O)c(Oc2cc(C)cc3ncnn23)c1. The number of carbonyl (C=O) groups is 1. The van der Waals surface area contributed by atoms with Gasteiger partial charge in [-0.1, -0.05) is 6.07 Å². The second kappa shape index (κ2) is 4.90. The molecule has 3 aromatic rings. The molecule has 0 spiro atoms. The summed E-state index contributed by atoms with van der Waals surface area (Å²) in [6, 6.07) is 8.61. The molecule has 21 heavy (non-hydrogen) atoms. The minimum absolute atomic E-state index is 0.107. The van der Waals surface area contributed by atoms with Crippen LogP contribution in [0.3, 0.4) is 0 Å². The highest BCUT2D eigenvalue weighted by atomic mass is 16.5. The molecular formula is C15H13N3O3. The fraction of sp³-hybridized carbons (Fsp3) is 0.133. The van der Waals surface area contributed by atoms with Crippen LogP contribution in [0.2, 0.25) is 0 Å². The van der Waals surface area contributed by atoms with Crippen molar-refractivity contribution in [1.82, 2.24) is 14.6 Å². The summed E-state index contributed by atoms with van der Waals surface area (Å²) in [5.74, 6) is -0.326. The van der Waals surface area contributed by atoms with Gasteiger partial charge in [-0.05, 0) is 43.2 Å². The van der Waals surface area contributed by atoms with Gasteiger partial charge in [-0.15, -0.1) is 0 Å². The molecule has 0 unspecified atom stereocenters. The highest BCUT2D eigenvalue weighted by Gasteiger charge is 2.14. The van der Waals surface area contributed by atoms with E-state index >= 15 is 0 Å². The first kappa shape index (κ1) is 13.1. The third kappa shape index (κ3) is 2.43. The topological polar surface area (TPSA) is 76.7 Å². The Kier molecular flexibility index (Phi) is 3.06. The predicted molar refractivity (Wildman–Crippen MR) is 75.9 cm³/mol. The largest absolute Gasteiger partial charge is 0.478 e. The van der Waals surface area contributed by atoms with Gasteiger partial charge in [0.15, 0.2) is 5.65 Å². The quantitative estimate of drug-likeness (QED) is 0.799. The Labute approximate surface area is 120 Å². The first-order chi connectivity index (χ1) is 10.0. The molecule has 3 rings (SSSR count). The molecule has 1 N–H and O–H groups in total. The Bertz CT molecular complexity index is 839. The summed E-state index contributed by atoms with van der Waals surface area (Å²) in [5.41, 5.74) is 2.62. The van der Waals surface area contributed by atoms with Gasteiger partial charge >= 0.3 is 5.97 Å². The molecule has 0 atom stereocenters. The lowest BCUT2D eigenvalue weighted by Gasteiger charge is -2.11. The summed E-state index contributed by atoms with van der Waals surface area (Å²) >= 11 is 0. The molecule has 2 aromatic heterocycles. The van der Waals surface area contributed by atoms with Crippen molar-refractivity contribution in [2.45, 2.75) is 13.8 Å². The number of aromatic nitrogens is 3. The number of aryl methyl sites for hydroxylation is 2. The predicted octanol–water partition coefficient (Wildman–Crippen LogP) is 2.84. The van der Waals surface area contributed by atoms with Gasteiger partial charge in [0, 0.05) is 6.07 Å². The number of rotatable bonds is 3. The molecule has 0 amide bonds. The molecule has 0 saturated heterocycles. The van der Waals surface area contributed by atoms with E-state index in [1.54, 1.807) is 18.2 Å². The Morgan fingerprint density at radius 2 is 2.00 bits per heavy atom. The maximum absolute atomic E-state index is 11.3. The van der Waals surface area contributed by atoms with Crippen molar-refractivity contribution in [1.29, 1.82) is 0 Å². The standard InChI is InChI=1S/C15H13N3O3/c1-9-3-4-11(15(19)20)12(5-9)21-14-7-10(2)6-13-16-8-17-18(13)14/h3-8H,1-2H3,(H,19,20). The van der Waals surface area contributed by atoms with Crippen molar-refractivity contribution >= 4 is 11.6 Å². The van der Waals surface area contributed by atoms with Crippen LogP contribution in [0.5, 0.6) is 11.6 Å². The van der Waals surface area contributed by atoms with E-state index in [4.69, 9.17) is 4.74 Å². The van der Waals surface area contributed by atoms with E-state index in [2.05, 4.69) is 10.1 Å². The lowest BCUT2D eigenvalue weighted by molar-refractivity contribution is 0.0694. The molecule has 0 aliphatic rings. The molecular weight excluding hydrogens is 270 g/mol. The lowest BCUT2D eigenvalue weighted by atomic mass is 10.1. The van der Waals surface area contributed by atoms with Crippen LogP contribution >= 0.6 is 0 Å². The van der Waals surface area contributed by atoms with Crippen LogP contribution < -0.4 is 4.74 Å². The van der Waals surface area contributed by atoms with E-state index in [1.165, 1.54) is 16.9 Å². The number of pyridine rings is 1. The number of fused-ring (bicyclic) bond motifs is 1. The van der Waals surface area contributed by atoms with Gasteiger partial charge in [0.1, 0.15) is 17.6 Å². The molecule has 0 radical (unpaired) electrons. The molecule has 2 heterocycles. The van der Waals surface area contributed by atoms with E-state index in [1.807, 2.05) is 19.9 Å². The van der Waals surface area contributed by atoms with Gasteiger partial charge in [-0.3, -0.25) is 0 Å². The fourth-order valence-corrected chi connectivity index (χ4v) is 2.10. The lowest BCUT2D eigenvalue weighted by Crippen LogP contribution is -2.03. The number of ether oxygens (including phenoxy) is 1. The molecule has 0 fully saturated rings. The molecule has 1 aromatic carbocycles. The van der Waals surface area contributed by atoms with Crippen molar-refractivity contribution < 1.29 is 14.6 Å². The molecule has 0 saturated carbocycles. The second-order valence-electron chi connectivity index (χ2n) is 4.81. The van der Waals surface area contributed by atoms with Gasteiger partial charge in [-0.25, -0.2) is 9.78 Å².